The molecule has 3 aromatic rings. The first-order chi connectivity index (χ1) is 13.1. The van der Waals surface area contributed by atoms with Crippen molar-refractivity contribution >= 4 is 17.3 Å². The van der Waals surface area contributed by atoms with Gasteiger partial charge in [-0.05, 0) is 38.1 Å². The molecule has 4 rings (SSSR count). The van der Waals surface area contributed by atoms with E-state index in [2.05, 4.69) is 9.97 Å². The molecule has 2 aromatic heterocycles. The molecule has 0 fully saturated rings. The molecule has 0 radical (unpaired) electrons. The average Bonchev–Trinajstić information content (AvgIpc) is 3.30. The zero-order valence-electron chi connectivity index (χ0n) is 14.7. The van der Waals surface area contributed by atoms with E-state index in [9.17, 15) is 9.59 Å². The Morgan fingerprint density at radius 3 is 2.93 bits per heavy atom. The highest BCUT2D eigenvalue weighted by Crippen LogP contribution is 2.37. The monoisotopic (exact) mass is 384 g/mol. The summed E-state index contributed by atoms with van der Waals surface area (Å²) in [5, 5.41) is 2.52. The van der Waals surface area contributed by atoms with Crippen LogP contribution in [0.4, 0.5) is 0 Å². The van der Waals surface area contributed by atoms with Crippen LogP contribution in [0.15, 0.2) is 34.4 Å². The second kappa shape index (κ2) is 6.88. The maximum Gasteiger partial charge on any atom is 0.339 e. The van der Waals surface area contributed by atoms with Gasteiger partial charge in [-0.25, -0.2) is 9.78 Å². The van der Waals surface area contributed by atoms with Crippen LogP contribution in [0, 0.1) is 6.92 Å². The van der Waals surface area contributed by atoms with Gasteiger partial charge in [0.15, 0.2) is 11.5 Å². The third-order valence-corrected chi connectivity index (χ3v) is 5.02. The molecule has 0 aliphatic carbocycles. The molecule has 0 spiro atoms. The first-order valence-corrected chi connectivity index (χ1v) is 9.21. The smallest absolute Gasteiger partial charge is 0.339 e. The van der Waals surface area contributed by atoms with Crippen molar-refractivity contribution < 1.29 is 19.0 Å². The molecule has 0 amide bonds. The third kappa shape index (κ3) is 3.19. The number of aromatic amines is 1. The molecule has 0 unspecified atom stereocenters. The van der Waals surface area contributed by atoms with E-state index in [1.54, 1.807) is 19.2 Å². The van der Waals surface area contributed by atoms with Gasteiger partial charge in [0.05, 0.1) is 23.4 Å². The quantitative estimate of drug-likeness (QED) is 0.694. The van der Waals surface area contributed by atoms with Gasteiger partial charge in [0, 0.05) is 16.6 Å². The van der Waals surface area contributed by atoms with E-state index in [-0.39, 0.29) is 19.0 Å². The number of hydrogen-bond donors (Lipinski definition) is 1. The number of ether oxygens (including phenoxy) is 3. The number of fused-ring (bicyclic) bond motifs is 1. The first kappa shape index (κ1) is 17.3. The summed E-state index contributed by atoms with van der Waals surface area (Å²) in [5.74, 6) is 0.894. The number of nitrogens with one attached hydrogen (secondary N) is 1. The number of carbonyl (C=O) groups is 1. The molecule has 1 N–H and O–H groups in total. The van der Waals surface area contributed by atoms with Gasteiger partial charge in [0.2, 0.25) is 6.79 Å². The minimum absolute atomic E-state index is 0.206. The summed E-state index contributed by atoms with van der Waals surface area (Å²) in [6.45, 7) is 3.86. The standard InChI is InChI=1S/C19H16N2O5S/c1-3-24-19(23)12-7-13(17(22)20-10(12)2)14-8-27-18(21-14)11-4-5-15-16(6-11)26-9-25-15/h4-8H,3,9H2,1-2H3,(H,20,22). The van der Waals surface area contributed by atoms with Crippen molar-refractivity contribution in [2.24, 2.45) is 0 Å². The zero-order chi connectivity index (χ0) is 19.0. The number of benzene rings is 1. The highest BCUT2D eigenvalue weighted by atomic mass is 32.1. The van der Waals surface area contributed by atoms with Crippen LogP contribution < -0.4 is 15.0 Å². The molecule has 0 bridgehead atoms. The second-order valence-corrected chi connectivity index (χ2v) is 6.74. The Labute approximate surface area is 158 Å². The number of H-pyrrole nitrogens is 1. The van der Waals surface area contributed by atoms with Crippen molar-refractivity contribution in [3.8, 4) is 33.3 Å². The van der Waals surface area contributed by atoms with Gasteiger partial charge in [-0.3, -0.25) is 4.79 Å². The van der Waals surface area contributed by atoms with Gasteiger partial charge in [-0.15, -0.1) is 11.3 Å². The van der Waals surface area contributed by atoms with Crippen molar-refractivity contribution in [2.45, 2.75) is 13.8 Å². The lowest BCUT2D eigenvalue weighted by molar-refractivity contribution is 0.0525. The lowest BCUT2D eigenvalue weighted by Gasteiger charge is -2.06. The molecule has 8 heteroatoms. The Balaban J connectivity index is 1.72. The largest absolute Gasteiger partial charge is 0.462 e. The highest BCUT2D eigenvalue weighted by molar-refractivity contribution is 7.13. The Morgan fingerprint density at radius 2 is 2.11 bits per heavy atom. The van der Waals surface area contributed by atoms with E-state index < -0.39 is 5.97 Å². The number of rotatable bonds is 4. The lowest BCUT2D eigenvalue weighted by atomic mass is 10.1. The zero-order valence-corrected chi connectivity index (χ0v) is 15.5. The predicted molar refractivity (Wildman–Crippen MR) is 100 cm³/mol. The van der Waals surface area contributed by atoms with Gasteiger partial charge in [0.25, 0.3) is 5.56 Å². The summed E-state index contributed by atoms with van der Waals surface area (Å²) in [6.07, 6.45) is 0. The van der Waals surface area contributed by atoms with Gasteiger partial charge >= 0.3 is 5.97 Å². The van der Waals surface area contributed by atoms with E-state index >= 15 is 0 Å². The fourth-order valence-corrected chi connectivity index (χ4v) is 3.61. The average molecular weight is 384 g/mol. The molecule has 0 saturated carbocycles. The van der Waals surface area contributed by atoms with Gasteiger partial charge < -0.3 is 19.2 Å². The Morgan fingerprint density at radius 1 is 1.30 bits per heavy atom. The molecular formula is C19H16N2O5S. The number of hydrogen-bond acceptors (Lipinski definition) is 7. The van der Waals surface area contributed by atoms with Crippen LogP contribution in [0.2, 0.25) is 0 Å². The number of carbonyl (C=O) groups excluding carboxylic acids is 1. The SMILES string of the molecule is CCOC(=O)c1cc(-c2csc(-c3ccc4c(c3)OCO4)n2)c(=O)[nH]c1C. The fraction of sp³-hybridized carbons (Fsp3) is 0.211. The maximum atomic E-state index is 12.4. The van der Waals surface area contributed by atoms with E-state index in [0.717, 1.165) is 10.6 Å². The number of thiazole rings is 1. The maximum absolute atomic E-state index is 12.4. The summed E-state index contributed by atoms with van der Waals surface area (Å²) >= 11 is 1.40. The van der Waals surface area contributed by atoms with Crippen LogP contribution in [0.5, 0.6) is 11.5 Å². The molecule has 138 valence electrons. The van der Waals surface area contributed by atoms with E-state index in [1.165, 1.54) is 17.4 Å². The molecule has 3 heterocycles. The van der Waals surface area contributed by atoms with Crippen molar-refractivity contribution in [2.75, 3.05) is 13.4 Å². The molecule has 1 aliphatic heterocycles. The molecular weight excluding hydrogens is 368 g/mol. The Bertz CT molecular complexity index is 1090. The Hall–Kier alpha value is -3.13. The normalized spacial score (nSPS) is 12.2. The van der Waals surface area contributed by atoms with Crippen LogP contribution in [0.3, 0.4) is 0 Å². The van der Waals surface area contributed by atoms with E-state index in [1.807, 2.05) is 18.2 Å². The molecule has 7 nitrogen and oxygen atoms in total. The highest BCUT2D eigenvalue weighted by Gasteiger charge is 2.18. The number of esters is 1. The van der Waals surface area contributed by atoms with E-state index in [0.29, 0.717) is 34.0 Å². The number of nitrogens with zero attached hydrogens (tertiary/aromatic N) is 1. The van der Waals surface area contributed by atoms with Gasteiger partial charge in [-0.2, -0.15) is 0 Å². The predicted octanol–water partition coefficient (Wildman–Crippen LogP) is 3.38. The van der Waals surface area contributed by atoms with Crippen LogP contribution in [-0.4, -0.2) is 29.3 Å². The molecule has 1 aromatic carbocycles. The number of pyridine rings is 1. The van der Waals surface area contributed by atoms with E-state index in [4.69, 9.17) is 14.2 Å². The van der Waals surface area contributed by atoms with Gasteiger partial charge in [0.1, 0.15) is 5.01 Å². The summed E-state index contributed by atoms with van der Waals surface area (Å²) < 4.78 is 15.8. The second-order valence-electron chi connectivity index (χ2n) is 5.88. The van der Waals surface area contributed by atoms with Crippen molar-refractivity contribution in [3.05, 3.63) is 51.3 Å². The molecule has 27 heavy (non-hydrogen) atoms. The summed E-state index contributed by atoms with van der Waals surface area (Å²) in [7, 11) is 0. The van der Waals surface area contributed by atoms with Crippen LogP contribution in [0.25, 0.3) is 21.8 Å². The minimum atomic E-state index is -0.473. The summed E-state index contributed by atoms with van der Waals surface area (Å²) in [5.41, 5.74) is 2.18. The van der Waals surface area contributed by atoms with Crippen molar-refractivity contribution in [1.29, 1.82) is 0 Å². The van der Waals surface area contributed by atoms with Crippen LogP contribution >= 0.6 is 11.3 Å². The molecule has 0 atom stereocenters. The number of aryl methyl sites for hydroxylation is 1. The summed E-state index contributed by atoms with van der Waals surface area (Å²) in [6, 6.07) is 7.11. The van der Waals surface area contributed by atoms with Crippen molar-refractivity contribution in [3.63, 3.8) is 0 Å². The molecule has 0 saturated heterocycles. The summed E-state index contributed by atoms with van der Waals surface area (Å²) in [4.78, 5) is 31.8. The molecule has 1 aliphatic rings. The third-order valence-electron chi connectivity index (χ3n) is 4.13. The van der Waals surface area contributed by atoms with Crippen molar-refractivity contribution in [1.82, 2.24) is 9.97 Å². The lowest BCUT2D eigenvalue weighted by Crippen LogP contribution is -2.16. The van der Waals surface area contributed by atoms with Crippen LogP contribution in [-0.2, 0) is 4.74 Å². The fourth-order valence-electron chi connectivity index (χ4n) is 2.79. The van der Waals surface area contributed by atoms with Gasteiger partial charge in [-0.1, -0.05) is 0 Å². The Kier molecular flexibility index (Phi) is 4.41. The number of aromatic nitrogens is 2. The first-order valence-electron chi connectivity index (χ1n) is 8.33. The minimum Gasteiger partial charge on any atom is -0.462 e. The topological polar surface area (TPSA) is 90.5 Å². The van der Waals surface area contributed by atoms with Crippen LogP contribution in [0.1, 0.15) is 23.0 Å².